The maximum atomic E-state index is 13.4. The SMILES string of the molecule is CC(C)O[C@H](CN)c1ccc(F)cc1F. The summed E-state index contributed by atoms with van der Waals surface area (Å²) < 4.78 is 31.4. The topological polar surface area (TPSA) is 35.2 Å². The molecule has 0 spiro atoms. The molecule has 84 valence electrons. The highest BCUT2D eigenvalue weighted by atomic mass is 19.1. The Labute approximate surface area is 88.0 Å². The van der Waals surface area contributed by atoms with Gasteiger partial charge in [0.2, 0.25) is 0 Å². The van der Waals surface area contributed by atoms with E-state index in [0.29, 0.717) is 5.56 Å². The Balaban J connectivity index is 2.91. The summed E-state index contributed by atoms with van der Waals surface area (Å²) in [5, 5.41) is 0. The Kier molecular flexibility index (Phi) is 4.17. The minimum Gasteiger partial charge on any atom is -0.369 e. The summed E-state index contributed by atoms with van der Waals surface area (Å²) in [4.78, 5) is 0. The number of benzene rings is 1. The van der Waals surface area contributed by atoms with Crippen LogP contribution in [0.3, 0.4) is 0 Å². The van der Waals surface area contributed by atoms with Crippen molar-refractivity contribution in [3.8, 4) is 0 Å². The van der Waals surface area contributed by atoms with E-state index in [0.717, 1.165) is 6.07 Å². The van der Waals surface area contributed by atoms with Gasteiger partial charge in [-0.15, -0.1) is 0 Å². The second-order valence-electron chi connectivity index (χ2n) is 3.58. The molecule has 0 aliphatic carbocycles. The van der Waals surface area contributed by atoms with Gasteiger partial charge in [-0.2, -0.15) is 0 Å². The van der Waals surface area contributed by atoms with Gasteiger partial charge in [-0.3, -0.25) is 0 Å². The van der Waals surface area contributed by atoms with Crippen molar-refractivity contribution < 1.29 is 13.5 Å². The Morgan fingerprint density at radius 1 is 1.33 bits per heavy atom. The van der Waals surface area contributed by atoms with Gasteiger partial charge in [0.05, 0.1) is 12.2 Å². The van der Waals surface area contributed by atoms with E-state index in [1.54, 1.807) is 0 Å². The molecule has 1 aromatic rings. The largest absolute Gasteiger partial charge is 0.369 e. The lowest BCUT2D eigenvalue weighted by atomic mass is 10.1. The number of rotatable bonds is 4. The van der Waals surface area contributed by atoms with E-state index in [1.807, 2.05) is 13.8 Å². The molecule has 0 unspecified atom stereocenters. The van der Waals surface area contributed by atoms with Gasteiger partial charge in [-0.1, -0.05) is 6.07 Å². The highest BCUT2D eigenvalue weighted by molar-refractivity contribution is 5.21. The number of halogens is 2. The molecular formula is C11H15F2NO. The van der Waals surface area contributed by atoms with Crippen LogP contribution in [0.25, 0.3) is 0 Å². The predicted octanol–water partition coefficient (Wildman–Crippen LogP) is 2.39. The Bertz CT molecular complexity index is 328. The molecule has 1 atom stereocenters. The van der Waals surface area contributed by atoms with Gasteiger partial charge in [-0.25, -0.2) is 8.78 Å². The number of hydrogen-bond donors (Lipinski definition) is 1. The first-order valence-corrected chi connectivity index (χ1v) is 4.85. The van der Waals surface area contributed by atoms with Gasteiger partial charge in [0.15, 0.2) is 0 Å². The van der Waals surface area contributed by atoms with Crippen LogP contribution < -0.4 is 5.73 Å². The van der Waals surface area contributed by atoms with Crippen LogP contribution in [-0.2, 0) is 4.74 Å². The van der Waals surface area contributed by atoms with Crippen LogP contribution in [0.2, 0.25) is 0 Å². The van der Waals surface area contributed by atoms with Crippen LogP contribution in [0, 0.1) is 11.6 Å². The van der Waals surface area contributed by atoms with Crippen molar-refractivity contribution in [1.29, 1.82) is 0 Å². The second-order valence-corrected chi connectivity index (χ2v) is 3.58. The van der Waals surface area contributed by atoms with Gasteiger partial charge in [0.25, 0.3) is 0 Å². The molecule has 0 fully saturated rings. The summed E-state index contributed by atoms with van der Waals surface area (Å²) in [5.41, 5.74) is 5.77. The smallest absolute Gasteiger partial charge is 0.131 e. The van der Waals surface area contributed by atoms with Crippen molar-refractivity contribution in [1.82, 2.24) is 0 Å². The van der Waals surface area contributed by atoms with E-state index in [4.69, 9.17) is 10.5 Å². The van der Waals surface area contributed by atoms with Gasteiger partial charge >= 0.3 is 0 Å². The predicted molar refractivity (Wildman–Crippen MR) is 54.4 cm³/mol. The van der Waals surface area contributed by atoms with Gasteiger partial charge in [-0.05, 0) is 19.9 Å². The summed E-state index contributed by atoms with van der Waals surface area (Å²) >= 11 is 0. The standard InChI is InChI=1S/C11H15F2NO/c1-7(2)15-11(6-14)9-4-3-8(12)5-10(9)13/h3-5,7,11H,6,14H2,1-2H3/t11-/m1/s1. The van der Waals surface area contributed by atoms with Gasteiger partial charge in [0, 0.05) is 18.2 Å². The van der Waals surface area contributed by atoms with Gasteiger partial charge in [0.1, 0.15) is 11.6 Å². The second kappa shape index (κ2) is 5.19. The van der Waals surface area contributed by atoms with Crippen molar-refractivity contribution in [2.45, 2.75) is 26.1 Å². The first-order chi connectivity index (χ1) is 7.04. The Hall–Kier alpha value is -1.00. The average Bonchev–Trinajstić information content (AvgIpc) is 2.14. The number of ether oxygens (including phenoxy) is 1. The lowest BCUT2D eigenvalue weighted by Crippen LogP contribution is -2.20. The fraction of sp³-hybridized carbons (Fsp3) is 0.455. The molecule has 2 nitrogen and oxygen atoms in total. The van der Waals surface area contributed by atoms with E-state index in [-0.39, 0.29) is 12.6 Å². The van der Waals surface area contributed by atoms with E-state index in [2.05, 4.69) is 0 Å². The third-order valence-corrected chi connectivity index (χ3v) is 1.96. The normalized spacial score (nSPS) is 13.2. The summed E-state index contributed by atoms with van der Waals surface area (Å²) in [6.45, 7) is 3.84. The minimum absolute atomic E-state index is 0.0528. The molecule has 0 aliphatic heterocycles. The van der Waals surface area contributed by atoms with Crippen LogP contribution >= 0.6 is 0 Å². The fourth-order valence-electron chi connectivity index (χ4n) is 1.35. The molecule has 0 saturated carbocycles. The molecule has 0 aromatic heterocycles. The van der Waals surface area contributed by atoms with Crippen LogP contribution in [0.15, 0.2) is 18.2 Å². The van der Waals surface area contributed by atoms with Crippen molar-refractivity contribution in [3.05, 3.63) is 35.4 Å². The molecule has 4 heteroatoms. The van der Waals surface area contributed by atoms with E-state index in [1.165, 1.54) is 12.1 Å². The highest BCUT2D eigenvalue weighted by Crippen LogP contribution is 2.21. The van der Waals surface area contributed by atoms with Crippen LogP contribution in [-0.4, -0.2) is 12.6 Å². The van der Waals surface area contributed by atoms with Crippen molar-refractivity contribution in [2.24, 2.45) is 5.73 Å². The van der Waals surface area contributed by atoms with E-state index in [9.17, 15) is 8.78 Å². The molecule has 0 aliphatic rings. The molecule has 0 saturated heterocycles. The average molecular weight is 215 g/mol. The van der Waals surface area contributed by atoms with Crippen molar-refractivity contribution in [3.63, 3.8) is 0 Å². The lowest BCUT2D eigenvalue weighted by Gasteiger charge is -2.19. The number of nitrogens with two attached hydrogens (primary N) is 1. The maximum Gasteiger partial charge on any atom is 0.131 e. The summed E-state index contributed by atoms with van der Waals surface area (Å²) in [7, 11) is 0. The minimum atomic E-state index is -0.619. The van der Waals surface area contributed by atoms with Crippen molar-refractivity contribution in [2.75, 3.05) is 6.54 Å². The van der Waals surface area contributed by atoms with Crippen molar-refractivity contribution >= 4 is 0 Å². The van der Waals surface area contributed by atoms with Crippen LogP contribution in [0.5, 0.6) is 0 Å². The third-order valence-electron chi connectivity index (χ3n) is 1.96. The highest BCUT2D eigenvalue weighted by Gasteiger charge is 2.16. The maximum absolute atomic E-state index is 13.4. The zero-order valence-electron chi connectivity index (χ0n) is 8.84. The molecule has 15 heavy (non-hydrogen) atoms. The first-order valence-electron chi connectivity index (χ1n) is 4.85. The van der Waals surface area contributed by atoms with Gasteiger partial charge < -0.3 is 10.5 Å². The monoisotopic (exact) mass is 215 g/mol. The molecule has 2 N–H and O–H groups in total. The number of hydrogen-bond acceptors (Lipinski definition) is 2. The van der Waals surface area contributed by atoms with E-state index < -0.39 is 17.7 Å². The molecular weight excluding hydrogens is 200 g/mol. The summed E-state index contributed by atoms with van der Waals surface area (Å²) in [6, 6.07) is 3.40. The molecule has 1 aromatic carbocycles. The zero-order valence-corrected chi connectivity index (χ0v) is 8.84. The molecule has 0 heterocycles. The Morgan fingerprint density at radius 2 is 2.00 bits per heavy atom. The van der Waals surface area contributed by atoms with Crippen LogP contribution in [0.4, 0.5) is 8.78 Å². The molecule has 0 amide bonds. The third kappa shape index (κ3) is 3.25. The van der Waals surface area contributed by atoms with Crippen LogP contribution in [0.1, 0.15) is 25.5 Å². The zero-order chi connectivity index (χ0) is 11.4. The Morgan fingerprint density at radius 3 is 2.47 bits per heavy atom. The first kappa shape index (κ1) is 12.1. The van der Waals surface area contributed by atoms with E-state index >= 15 is 0 Å². The molecule has 0 bridgehead atoms. The summed E-state index contributed by atoms with van der Waals surface area (Å²) in [6.07, 6.45) is -0.575. The lowest BCUT2D eigenvalue weighted by molar-refractivity contribution is 0.0100. The summed E-state index contributed by atoms with van der Waals surface area (Å²) in [5.74, 6) is -1.22. The molecule has 0 radical (unpaired) electrons. The quantitative estimate of drug-likeness (QED) is 0.837. The molecule has 1 rings (SSSR count). The fourth-order valence-corrected chi connectivity index (χ4v) is 1.35.